The number of hydrogen-bond acceptors (Lipinski definition) is 3. The first kappa shape index (κ1) is 24.8. The summed E-state index contributed by atoms with van der Waals surface area (Å²) in [4.78, 5) is 26.9. The molecule has 0 aliphatic heterocycles. The quantitative estimate of drug-likeness (QED) is 0.445. The second kappa shape index (κ2) is 11.8. The van der Waals surface area contributed by atoms with Crippen molar-refractivity contribution in [1.29, 1.82) is 0 Å². The van der Waals surface area contributed by atoms with Crippen LogP contribution >= 0.6 is 50.7 Å². The maximum atomic E-state index is 13.0. The first-order chi connectivity index (χ1) is 14.2. The molecular formula is C21H22BrCl3N2O3. The van der Waals surface area contributed by atoms with E-state index in [0.717, 1.165) is 10.9 Å². The van der Waals surface area contributed by atoms with E-state index in [1.54, 1.807) is 43.3 Å². The van der Waals surface area contributed by atoms with Crippen LogP contribution in [-0.4, -0.2) is 35.9 Å². The van der Waals surface area contributed by atoms with E-state index in [2.05, 4.69) is 21.2 Å². The fraction of sp³-hybridized carbons (Fsp3) is 0.333. The number of hydrogen-bond donors (Lipinski definition) is 1. The molecule has 0 saturated carbocycles. The Hall–Kier alpha value is -1.47. The van der Waals surface area contributed by atoms with Crippen molar-refractivity contribution in [2.45, 2.75) is 32.9 Å². The van der Waals surface area contributed by atoms with Crippen molar-refractivity contribution in [3.8, 4) is 5.75 Å². The van der Waals surface area contributed by atoms with Gasteiger partial charge in [0.1, 0.15) is 11.8 Å². The van der Waals surface area contributed by atoms with Crippen LogP contribution in [0.15, 0.2) is 40.9 Å². The van der Waals surface area contributed by atoms with Crippen LogP contribution in [0.2, 0.25) is 15.1 Å². The number of nitrogens with zero attached hydrogens (tertiary/aromatic N) is 1. The van der Waals surface area contributed by atoms with Crippen molar-refractivity contribution in [2.75, 3.05) is 13.2 Å². The number of nitrogens with one attached hydrogen (secondary N) is 1. The number of benzene rings is 2. The molecule has 2 rings (SSSR count). The van der Waals surface area contributed by atoms with E-state index in [0.29, 0.717) is 32.9 Å². The van der Waals surface area contributed by atoms with Gasteiger partial charge >= 0.3 is 0 Å². The maximum absolute atomic E-state index is 13.0. The zero-order valence-electron chi connectivity index (χ0n) is 16.6. The minimum atomic E-state index is -0.722. The van der Waals surface area contributed by atoms with E-state index >= 15 is 0 Å². The third-order valence-corrected chi connectivity index (χ3v) is 5.69. The van der Waals surface area contributed by atoms with Gasteiger partial charge in [-0.05, 0) is 49.2 Å². The Kier molecular flexibility index (Phi) is 9.75. The molecule has 0 fully saturated rings. The lowest BCUT2D eigenvalue weighted by Crippen LogP contribution is -2.49. The molecule has 162 valence electrons. The largest absolute Gasteiger partial charge is 0.482 e. The van der Waals surface area contributed by atoms with Crippen LogP contribution in [-0.2, 0) is 16.1 Å². The summed E-state index contributed by atoms with van der Waals surface area (Å²) in [6.07, 6.45) is 0.792. The molecule has 0 aliphatic carbocycles. The monoisotopic (exact) mass is 534 g/mol. The minimum absolute atomic E-state index is 0.132. The summed E-state index contributed by atoms with van der Waals surface area (Å²) in [5.74, 6) is -0.253. The fourth-order valence-electron chi connectivity index (χ4n) is 2.63. The van der Waals surface area contributed by atoms with E-state index in [1.165, 1.54) is 4.90 Å². The molecule has 5 nitrogen and oxygen atoms in total. The number of rotatable bonds is 9. The topological polar surface area (TPSA) is 58.6 Å². The molecule has 0 bridgehead atoms. The van der Waals surface area contributed by atoms with E-state index in [-0.39, 0.29) is 25.0 Å². The van der Waals surface area contributed by atoms with Crippen LogP contribution in [0, 0.1) is 0 Å². The molecule has 0 heterocycles. The minimum Gasteiger partial charge on any atom is -0.482 e. The Morgan fingerprint density at radius 3 is 2.50 bits per heavy atom. The van der Waals surface area contributed by atoms with Gasteiger partial charge in [0.2, 0.25) is 5.91 Å². The third kappa shape index (κ3) is 7.05. The normalized spacial score (nSPS) is 11.7. The Labute approximate surface area is 199 Å². The van der Waals surface area contributed by atoms with Gasteiger partial charge in [-0.15, -0.1) is 0 Å². The highest BCUT2D eigenvalue weighted by Gasteiger charge is 2.27. The van der Waals surface area contributed by atoms with Crippen molar-refractivity contribution >= 4 is 62.5 Å². The molecule has 0 unspecified atom stereocenters. The van der Waals surface area contributed by atoms with E-state index < -0.39 is 6.04 Å². The Bertz CT molecular complexity index is 911. The molecule has 9 heteroatoms. The lowest BCUT2D eigenvalue weighted by atomic mass is 10.1. The zero-order chi connectivity index (χ0) is 22.3. The van der Waals surface area contributed by atoms with Gasteiger partial charge in [-0.1, -0.05) is 63.7 Å². The Morgan fingerprint density at radius 1 is 1.13 bits per heavy atom. The molecule has 2 amide bonds. The number of ether oxygens (including phenoxy) is 1. The highest BCUT2D eigenvalue weighted by molar-refractivity contribution is 9.10. The molecule has 0 aliphatic rings. The molecule has 1 atom stereocenters. The van der Waals surface area contributed by atoms with Crippen LogP contribution in [0.5, 0.6) is 5.75 Å². The van der Waals surface area contributed by atoms with Crippen LogP contribution in [0.3, 0.4) is 0 Å². The van der Waals surface area contributed by atoms with Gasteiger partial charge in [0.05, 0.1) is 5.02 Å². The SMILES string of the molecule is CCCNC(=O)[C@H](C)N(Cc1ccc(Cl)cc1Cl)C(=O)COc1ccc(Br)cc1Cl. The Morgan fingerprint density at radius 2 is 1.87 bits per heavy atom. The number of carbonyl (C=O) groups excluding carboxylic acids is 2. The predicted molar refractivity (Wildman–Crippen MR) is 124 cm³/mol. The van der Waals surface area contributed by atoms with Gasteiger partial charge in [0.25, 0.3) is 5.91 Å². The molecule has 0 aromatic heterocycles. The second-order valence-corrected chi connectivity index (χ2v) is 8.75. The highest BCUT2D eigenvalue weighted by atomic mass is 79.9. The molecule has 0 spiro atoms. The Balaban J connectivity index is 2.19. The fourth-order valence-corrected chi connectivity index (χ4v) is 3.82. The molecule has 30 heavy (non-hydrogen) atoms. The van der Waals surface area contributed by atoms with E-state index in [4.69, 9.17) is 39.5 Å². The predicted octanol–water partition coefficient (Wildman–Crippen LogP) is 5.73. The zero-order valence-corrected chi connectivity index (χ0v) is 20.4. The summed E-state index contributed by atoms with van der Waals surface area (Å²) in [6.45, 7) is 4.00. The van der Waals surface area contributed by atoms with Gasteiger partial charge in [-0.25, -0.2) is 0 Å². The van der Waals surface area contributed by atoms with Crippen molar-refractivity contribution in [3.05, 3.63) is 61.5 Å². The summed E-state index contributed by atoms with van der Waals surface area (Å²) in [6, 6.07) is 9.39. The van der Waals surface area contributed by atoms with E-state index in [1.807, 2.05) is 6.92 Å². The molecular weight excluding hydrogens is 515 g/mol. The van der Waals surface area contributed by atoms with Crippen molar-refractivity contribution in [3.63, 3.8) is 0 Å². The molecule has 0 saturated heterocycles. The third-order valence-electron chi connectivity index (χ3n) is 4.32. The van der Waals surface area contributed by atoms with Crippen molar-refractivity contribution in [1.82, 2.24) is 10.2 Å². The smallest absolute Gasteiger partial charge is 0.261 e. The van der Waals surface area contributed by atoms with Crippen molar-refractivity contribution in [2.24, 2.45) is 0 Å². The van der Waals surface area contributed by atoms with Crippen LogP contribution in [0.1, 0.15) is 25.8 Å². The molecule has 0 radical (unpaired) electrons. The van der Waals surface area contributed by atoms with Gasteiger partial charge in [0, 0.05) is 27.6 Å². The maximum Gasteiger partial charge on any atom is 0.261 e. The molecule has 2 aromatic rings. The van der Waals surface area contributed by atoms with Crippen LogP contribution in [0.4, 0.5) is 0 Å². The second-order valence-electron chi connectivity index (χ2n) is 6.59. The van der Waals surface area contributed by atoms with E-state index in [9.17, 15) is 9.59 Å². The first-order valence-electron chi connectivity index (χ1n) is 9.31. The standard InChI is InChI=1S/C21H22BrCl3N2O3/c1-3-8-26-21(29)13(2)27(11-14-4-6-16(23)10-17(14)24)20(28)12-30-19-7-5-15(22)9-18(19)25/h4-7,9-10,13H,3,8,11-12H2,1-2H3,(H,26,29)/t13-/m0/s1. The number of amides is 2. The van der Waals surface area contributed by atoms with Crippen LogP contribution in [0.25, 0.3) is 0 Å². The van der Waals surface area contributed by atoms with Crippen LogP contribution < -0.4 is 10.1 Å². The summed E-state index contributed by atoms with van der Waals surface area (Å²) >= 11 is 21.7. The molecule has 2 aromatic carbocycles. The average molecular weight is 537 g/mol. The summed E-state index contributed by atoms with van der Waals surface area (Å²) < 4.78 is 6.40. The first-order valence-corrected chi connectivity index (χ1v) is 11.2. The lowest BCUT2D eigenvalue weighted by molar-refractivity contribution is -0.142. The summed E-state index contributed by atoms with van der Waals surface area (Å²) in [5.41, 5.74) is 0.672. The van der Waals surface area contributed by atoms with Gasteiger partial charge in [-0.3, -0.25) is 9.59 Å². The van der Waals surface area contributed by atoms with Gasteiger partial charge in [-0.2, -0.15) is 0 Å². The number of halogens is 4. The summed E-state index contributed by atoms with van der Waals surface area (Å²) in [7, 11) is 0. The van der Waals surface area contributed by atoms with Crippen molar-refractivity contribution < 1.29 is 14.3 Å². The highest BCUT2D eigenvalue weighted by Crippen LogP contribution is 2.28. The average Bonchev–Trinajstić information content (AvgIpc) is 2.70. The summed E-state index contributed by atoms with van der Waals surface area (Å²) in [5, 5.41) is 4.09. The van der Waals surface area contributed by atoms with Gasteiger partial charge < -0.3 is 15.0 Å². The lowest BCUT2D eigenvalue weighted by Gasteiger charge is -2.29. The molecule has 1 N–H and O–H groups in total. The van der Waals surface area contributed by atoms with Gasteiger partial charge in [0.15, 0.2) is 6.61 Å². The number of carbonyl (C=O) groups is 2.